The number of carbonyl (C=O) groups excluding carboxylic acids is 2. The first-order valence-corrected chi connectivity index (χ1v) is 10.3. The zero-order valence-corrected chi connectivity index (χ0v) is 18.3. The summed E-state index contributed by atoms with van der Waals surface area (Å²) in [5, 5.41) is 2.68. The summed E-state index contributed by atoms with van der Waals surface area (Å²) in [6.07, 6.45) is 1.44. The highest BCUT2D eigenvalue weighted by atomic mass is 16.5. The number of likely N-dealkylation sites (N-methyl/N-ethyl adjacent to an activating group) is 1. The zero-order valence-electron chi connectivity index (χ0n) is 18.3. The maximum atomic E-state index is 13.0. The summed E-state index contributed by atoms with van der Waals surface area (Å²) in [6, 6.07) is 14.9. The molecule has 0 heterocycles. The number of nitrogens with zero attached hydrogens (tertiary/aromatic N) is 1. The van der Waals surface area contributed by atoms with Crippen molar-refractivity contribution < 1.29 is 19.1 Å². The highest BCUT2D eigenvalue weighted by Crippen LogP contribution is 2.18. The molecule has 0 aromatic heterocycles. The maximum absolute atomic E-state index is 13.0. The van der Waals surface area contributed by atoms with Crippen molar-refractivity contribution in [1.29, 1.82) is 0 Å². The Balaban J connectivity index is 1.99. The van der Waals surface area contributed by atoms with Gasteiger partial charge in [-0.2, -0.15) is 0 Å². The van der Waals surface area contributed by atoms with Gasteiger partial charge in [-0.1, -0.05) is 36.8 Å². The van der Waals surface area contributed by atoms with Gasteiger partial charge in [0, 0.05) is 20.0 Å². The van der Waals surface area contributed by atoms with Crippen molar-refractivity contribution in [3.63, 3.8) is 0 Å². The molecule has 0 spiro atoms. The molecule has 0 saturated heterocycles. The highest BCUT2D eigenvalue weighted by molar-refractivity contribution is 5.87. The lowest BCUT2D eigenvalue weighted by atomic mass is 10.1. The van der Waals surface area contributed by atoms with Crippen molar-refractivity contribution in [2.45, 2.75) is 45.7 Å². The lowest BCUT2D eigenvalue weighted by Crippen LogP contribution is -2.48. The Hall–Kier alpha value is -3.02. The van der Waals surface area contributed by atoms with Crippen LogP contribution in [0.15, 0.2) is 48.5 Å². The first-order valence-electron chi connectivity index (χ1n) is 10.3. The highest BCUT2D eigenvalue weighted by Gasteiger charge is 2.27. The van der Waals surface area contributed by atoms with Crippen LogP contribution >= 0.6 is 0 Å². The monoisotopic (exact) mass is 412 g/mol. The largest absolute Gasteiger partial charge is 0.497 e. The minimum atomic E-state index is -0.495. The topological polar surface area (TPSA) is 67.9 Å². The summed E-state index contributed by atoms with van der Waals surface area (Å²) in [5.41, 5.74) is 2.14. The number of aryl methyl sites for hydroxylation is 1. The molecule has 2 aromatic rings. The number of ether oxygens (including phenoxy) is 2. The van der Waals surface area contributed by atoms with Crippen LogP contribution in [0, 0.1) is 6.92 Å². The fourth-order valence-corrected chi connectivity index (χ4v) is 3.32. The van der Waals surface area contributed by atoms with Crippen molar-refractivity contribution in [3.8, 4) is 11.5 Å². The van der Waals surface area contributed by atoms with Crippen molar-refractivity contribution in [3.05, 3.63) is 59.7 Å². The molecule has 6 nitrogen and oxygen atoms in total. The van der Waals surface area contributed by atoms with Crippen LogP contribution in [0.3, 0.4) is 0 Å². The van der Waals surface area contributed by atoms with E-state index in [1.807, 2.05) is 62.4 Å². The Morgan fingerprint density at radius 3 is 2.40 bits per heavy atom. The standard InChI is InChI=1S/C24H32N2O4/c1-5-22(24(28)25-3)26(17-19-9-6-8-18(2)16-19)23(27)10-7-15-30-21-13-11-20(29-4)12-14-21/h6,8-9,11-14,16,22H,5,7,10,15,17H2,1-4H3,(H,25,28)/t22-/m0/s1. The molecule has 0 aliphatic heterocycles. The van der Waals surface area contributed by atoms with Gasteiger partial charge < -0.3 is 19.7 Å². The van der Waals surface area contributed by atoms with Gasteiger partial charge in [-0.05, 0) is 49.6 Å². The molecule has 0 saturated carbocycles. The van der Waals surface area contributed by atoms with Gasteiger partial charge in [0.25, 0.3) is 0 Å². The second-order valence-corrected chi connectivity index (χ2v) is 7.18. The summed E-state index contributed by atoms with van der Waals surface area (Å²) >= 11 is 0. The van der Waals surface area contributed by atoms with E-state index in [9.17, 15) is 9.59 Å². The number of nitrogens with one attached hydrogen (secondary N) is 1. The summed E-state index contributed by atoms with van der Waals surface area (Å²) in [7, 11) is 3.22. The second-order valence-electron chi connectivity index (χ2n) is 7.18. The van der Waals surface area contributed by atoms with Crippen molar-refractivity contribution >= 4 is 11.8 Å². The van der Waals surface area contributed by atoms with E-state index in [1.165, 1.54) is 0 Å². The fourth-order valence-electron chi connectivity index (χ4n) is 3.32. The Morgan fingerprint density at radius 2 is 1.80 bits per heavy atom. The van der Waals surface area contributed by atoms with E-state index in [0.29, 0.717) is 32.4 Å². The minimum Gasteiger partial charge on any atom is -0.497 e. The van der Waals surface area contributed by atoms with Gasteiger partial charge in [-0.15, -0.1) is 0 Å². The number of hydrogen-bond donors (Lipinski definition) is 1. The predicted octanol–water partition coefficient (Wildman–Crippen LogP) is 3.72. The van der Waals surface area contributed by atoms with Crippen LogP contribution in [0.2, 0.25) is 0 Å². The first kappa shape index (κ1) is 23.3. The van der Waals surface area contributed by atoms with E-state index in [0.717, 1.165) is 22.6 Å². The van der Waals surface area contributed by atoms with Crippen LogP contribution in [0.1, 0.15) is 37.3 Å². The van der Waals surface area contributed by atoms with E-state index < -0.39 is 6.04 Å². The molecular weight excluding hydrogens is 380 g/mol. The van der Waals surface area contributed by atoms with Gasteiger partial charge >= 0.3 is 0 Å². The normalized spacial score (nSPS) is 11.5. The fraction of sp³-hybridized carbons (Fsp3) is 0.417. The van der Waals surface area contributed by atoms with Gasteiger partial charge in [0.05, 0.1) is 13.7 Å². The van der Waals surface area contributed by atoms with Crippen LogP contribution in [-0.2, 0) is 16.1 Å². The number of methoxy groups -OCH3 is 1. The van der Waals surface area contributed by atoms with E-state index in [2.05, 4.69) is 5.32 Å². The van der Waals surface area contributed by atoms with Gasteiger partial charge in [-0.25, -0.2) is 0 Å². The number of amides is 2. The zero-order chi connectivity index (χ0) is 21.9. The maximum Gasteiger partial charge on any atom is 0.242 e. The molecule has 2 aromatic carbocycles. The predicted molar refractivity (Wildman–Crippen MR) is 118 cm³/mol. The van der Waals surface area contributed by atoms with Crippen molar-refractivity contribution in [2.24, 2.45) is 0 Å². The average Bonchev–Trinajstić information content (AvgIpc) is 2.76. The lowest BCUT2D eigenvalue weighted by molar-refractivity contribution is -0.141. The Bertz CT molecular complexity index is 820. The minimum absolute atomic E-state index is 0.0507. The van der Waals surface area contributed by atoms with Gasteiger partial charge in [0.1, 0.15) is 17.5 Å². The van der Waals surface area contributed by atoms with E-state index in [1.54, 1.807) is 19.1 Å². The first-order chi connectivity index (χ1) is 14.5. The molecule has 0 bridgehead atoms. The summed E-state index contributed by atoms with van der Waals surface area (Å²) in [4.78, 5) is 27.1. The summed E-state index contributed by atoms with van der Waals surface area (Å²) < 4.78 is 10.9. The molecule has 2 amide bonds. The van der Waals surface area contributed by atoms with Crippen molar-refractivity contribution in [2.75, 3.05) is 20.8 Å². The van der Waals surface area contributed by atoms with Crippen molar-refractivity contribution in [1.82, 2.24) is 10.2 Å². The molecule has 6 heteroatoms. The Morgan fingerprint density at radius 1 is 1.10 bits per heavy atom. The van der Waals surface area contributed by atoms with Crippen LogP contribution < -0.4 is 14.8 Å². The van der Waals surface area contributed by atoms with E-state index in [-0.39, 0.29) is 11.8 Å². The molecule has 2 rings (SSSR count). The third-order valence-corrected chi connectivity index (χ3v) is 4.93. The Labute approximate surface area is 179 Å². The molecule has 0 aliphatic carbocycles. The summed E-state index contributed by atoms with van der Waals surface area (Å²) in [6.45, 7) is 4.77. The molecular formula is C24H32N2O4. The van der Waals surface area contributed by atoms with Gasteiger partial charge in [0.15, 0.2) is 0 Å². The van der Waals surface area contributed by atoms with Gasteiger partial charge in [0.2, 0.25) is 11.8 Å². The number of benzene rings is 2. The molecule has 162 valence electrons. The lowest BCUT2D eigenvalue weighted by Gasteiger charge is -2.30. The molecule has 30 heavy (non-hydrogen) atoms. The molecule has 0 radical (unpaired) electrons. The van der Waals surface area contributed by atoms with Crippen LogP contribution in [0.5, 0.6) is 11.5 Å². The molecule has 0 unspecified atom stereocenters. The Kier molecular flexibility index (Phi) is 9.19. The molecule has 0 fully saturated rings. The van der Waals surface area contributed by atoms with Crippen LogP contribution in [0.25, 0.3) is 0 Å². The van der Waals surface area contributed by atoms with E-state index in [4.69, 9.17) is 9.47 Å². The average molecular weight is 413 g/mol. The van der Waals surface area contributed by atoms with E-state index >= 15 is 0 Å². The van der Waals surface area contributed by atoms with Crippen LogP contribution in [0.4, 0.5) is 0 Å². The smallest absolute Gasteiger partial charge is 0.242 e. The number of rotatable bonds is 11. The number of carbonyl (C=O) groups is 2. The molecule has 1 atom stereocenters. The third-order valence-electron chi connectivity index (χ3n) is 4.93. The quantitative estimate of drug-likeness (QED) is 0.571. The third kappa shape index (κ3) is 6.79. The SMILES string of the molecule is CC[C@@H](C(=O)NC)N(Cc1cccc(C)c1)C(=O)CCCOc1ccc(OC)cc1. The second kappa shape index (κ2) is 11.9. The van der Waals surface area contributed by atoms with Crippen LogP contribution in [-0.4, -0.2) is 43.5 Å². The number of hydrogen-bond acceptors (Lipinski definition) is 4. The molecule has 1 N–H and O–H groups in total. The molecule has 0 aliphatic rings. The van der Waals surface area contributed by atoms with Gasteiger partial charge in [-0.3, -0.25) is 9.59 Å². The summed E-state index contributed by atoms with van der Waals surface area (Å²) in [5.74, 6) is 1.30.